The Balaban J connectivity index is 1.44. The van der Waals surface area contributed by atoms with Crippen molar-refractivity contribution in [1.29, 1.82) is 0 Å². The average molecular weight is 424 g/mol. The zero-order chi connectivity index (χ0) is 18.1. The van der Waals surface area contributed by atoms with Gasteiger partial charge in [0.25, 0.3) is 5.91 Å². The van der Waals surface area contributed by atoms with E-state index in [1.54, 1.807) is 17.4 Å². The molecule has 1 aliphatic heterocycles. The topological polar surface area (TPSA) is 45.2 Å². The van der Waals surface area contributed by atoms with Crippen LogP contribution in [0.1, 0.15) is 25.8 Å². The molecule has 4 rings (SSSR count). The van der Waals surface area contributed by atoms with Gasteiger partial charge in [0.2, 0.25) is 0 Å². The highest BCUT2D eigenvalue weighted by Crippen LogP contribution is 2.30. The Morgan fingerprint density at radius 2 is 2.19 bits per heavy atom. The van der Waals surface area contributed by atoms with E-state index in [1.165, 1.54) is 16.2 Å². The highest BCUT2D eigenvalue weighted by Gasteiger charge is 2.22. The molecule has 0 atom stereocenters. The summed E-state index contributed by atoms with van der Waals surface area (Å²) in [5.74, 6) is -0.101. The fraction of sp³-hybridized carbons (Fsp3) is 0.222. The fourth-order valence-corrected chi connectivity index (χ4v) is 5.03. The van der Waals surface area contributed by atoms with Gasteiger partial charge in [0.15, 0.2) is 5.13 Å². The van der Waals surface area contributed by atoms with Crippen LogP contribution in [0.4, 0.5) is 5.13 Å². The largest absolute Gasteiger partial charge is 0.297 e. The lowest BCUT2D eigenvalue weighted by Crippen LogP contribution is -2.29. The number of aromatic nitrogens is 1. The maximum Gasteiger partial charge on any atom is 0.267 e. The van der Waals surface area contributed by atoms with Gasteiger partial charge in [-0.3, -0.25) is 15.0 Å². The molecular formula is C18H15Cl2N3OS2. The third-order valence-electron chi connectivity index (χ3n) is 4.18. The van der Waals surface area contributed by atoms with E-state index in [9.17, 15) is 4.79 Å². The second-order valence-corrected chi connectivity index (χ2v) is 8.89. The lowest BCUT2D eigenvalue weighted by atomic mass is 10.1. The monoisotopic (exact) mass is 423 g/mol. The first-order valence-corrected chi connectivity index (χ1v) is 10.5. The number of benzene rings is 1. The summed E-state index contributed by atoms with van der Waals surface area (Å²) in [6, 6.07) is 9.29. The fourth-order valence-electron chi connectivity index (χ4n) is 2.89. The highest BCUT2D eigenvalue weighted by molar-refractivity contribution is 7.16. The zero-order valence-corrected chi connectivity index (χ0v) is 16.8. The lowest BCUT2D eigenvalue weighted by Gasteiger charge is -2.26. The van der Waals surface area contributed by atoms with Crippen LogP contribution < -0.4 is 5.32 Å². The van der Waals surface area contributed by atoms with Crippen LogP contribution in [0.15, 0.2) is 35.7 Å². The second-order valence-electron chi connectivity index (χ2n) is 6.02. The maximum absolute atomic E-state index is 12.2. The van der Waals surface area contributed by atoms with Crippen molar-refractivity contribution in [2.24, 2.45) is 0 Å². The lowest BCUT2D eigenvalue weighted by molar-refractivity contribution is 0.103. The first kappa shape index (κ1) is 17.9. The van der Waals surface area contributed by atoms with Gasteiger partial charge in [-0.25, -0.2) is 4.98 Å². The predicted molar refractivity (Wildman–Crippen MR) is 109 cm³/mol. The molecule has 0 aliphatic carbocycles. The number of amides is 1. The number of thiazole rings is 1. The number of halogens is 2. The smallest absolute Gasteiger partial charge is 0.267 e. The van der Waals surface area contributed by atoms with Crippen LogP contribution >= 0.6 is 45.9 Å². The molecule has 1 aromatic carbocycles. The second kappa shape index (κ2) is 7.66. The quantitative estimate of drug-likeness (QED) is 0.617. The number of nitrogens with one attached hydrogen (secondary N) is 1. The summed E-state index contributed by atoms with van der Waals surface area (Å²) >= 11 is 15.2. The van der Waals surface area contributed by atoms with Crippen molar-refractivity contribution < 1.29 is 4.79 Å². The standard InChI is InChI=1S/C18H15Cl2N3OS2/c19-12-4-3-11(13(20)8-12)9-23-6-5-14-16(10-23)26-18(21-14)22-17(24)15-2-1-7-25-15/h1-4,7-8H,5-6,9-10H2,(H,21,22,24). The van der Waals surface area contributed by atoms with E-state index < -0.39 is 0 Å². The number of carbonyl (C=O) groups excluding carboxylic acids is 1. The molecule has 1 N–H and O–H groups in total. The van der Waals surface area contributed by atoms with E-state index in [0.29, 0.717) is 20.1 Å². The van der Waals surface area contributed by atoms with Crippen LogP contribution in [-0.4, -0.2) is 22.3 Å². The molecule has 2 aromatic heterocycles. The van der Waals surface area contributed by atoms with Crippen LogP contribution in [0.3, 0.4) is 0 Å². The van der Waals surface area contributed by atoms with Crippen molar-refractivity contribution in [3.63, 3.8) is 0 Å². The molecule has 26 heavy (non-hydrogen) atoms. The van der Waals surface area contributed by atoms with E-state index >= 15 is 0 Å². The first-order valence-electron chi connectivity index (χ1n) is 8.08. The molecule has 8 heteroatoms. The summed E-state index contributed by atoms with van der Waals surface area (Å²) in [5, 5.41) is 6.80. The minimum absolute atomic E-state index is 0.101. The van der Waals surface area contributed by atoms with Crippen LogP contribution in [0.5, 0.6) is 0 Å². The molecule has 1 aliphatic rings. The Morgan fingerprint density at radius 1 is 1.31 bits per heavy atom. The Morgan fingerprint density at radius 3 is 2.96 bits per heavy atom. The van der Waals surface area contributed by atoms with Gasteiger partial charge in [-0.05, 0) is 29.1 Å². The Kier molecular flexibility index (Phi) is 5.29. The number of anilines is 1. The highest BCUT2D eigenvalue weighted by atomic mass is 35.5. The maximum atomic E-state index is 12.2. The molecule has 0 spiro atoms. The molecule has 0 saturated heterocycles. The third-order valence-corrected chi connectivity index (χ3v) is 6.64. The Labute approximate surface area is 169 Å². The number of hydrogen-bond acceptors (Lipinski definition) is 5. The van der Waals surface area contributed by atoms with Crippen molar-refractivity contribution in [3.8, 4) is 0 Å². The molecule has 0 fully saturated rings. The van der Waals surface area contributed by atoms with Gasteiger partial charge in [0.05, 0.1) is 10.6 Å². The van der Waals surface area contributed by atoms with Crippen LogP contribution in [-0.2, 0) is 19.5 Å². The minimum Gasteiger partial charge on any atom is -0.297 e. The molecule has 0 saturated carbocycles. The van der Waals surface area contributed by atoms with E-state index in [-0.39, 0.29) is 5.91 Å². The molecule has 0 radical (unpaired) electrons. The predicted octanol–water partition coefficient (Wildman–Crippen LogP) is 5.32. The van der Waals surface area contributed by atoms with Crippen molar-refractivity contribution in [3.05, 3.63) is 66.8 Å². The Hall–Kier alpha value is -1.44. The van der Waals surface area contributed by atoms with Crippen LogP contribution in [0.2, 0.25) is 10.0 Å². The summed E-state index contributed by atoms with van der Waals surface area (Å²) in [7, 11) is 0. The van der Waals surface area contributed by atoms with Crippen molar-refractivity contribution >= 4 is 56.9 Å². The minimum atomic E-state index is -0.101. The summed E-state index contributed by atoms with van der Waals surface area (Å²) in [5.41, 5.74) is 2.14. The van der Waals surface area contributed by atoms with Gasteiger partial charge in [-0.2, -0.15) is 0 Å². The molecule has 3 aromatic rings. The Bertz CT molecular complexity index is 940. The summed E-state index contributed by atoms with van der Waals surface area (Å²) in [6.07, 6.45) is 0.867. The third kappa shape index (κ3) is 3.94. The van der Waals surface area contributed by atoms with E-state index in [4.69, 9.17) is 23.2 Å². The van der Waals surface area contributed by atoms with Crippen LogP contribution in [0, 0.1) is 0 Å². The number of nitrogens with zero attached hydrogens (tertiary/aromatic N) is 2. The van der Waals surface area contributed by atoms with E-state index in [2.05, 4.69) is 15.2 Å². The van der Waals surface area contributed by atoms with E-state index in [1.807, 2.05) is 29.6 Å². The average Bonchev–Trinajstić information content (AvgIpc) is 3.26. The normalized spacial score (nSPS) is 14.2. The molecule has 3 heterocycles. The molecule has 0 unspecified atom stereocenters. The number of rotatable bonds is 4. The van der Waals surface area contributed by atoms with Gasteiger partial charge in [0, 0.05) is 41.0 Å². The van der Waals surface area contributed by atoms with Crippen LogP contribution in [0.25, 0.3) is 0 Å². The molecule has 134 valence electrons. The summed E-state index contributed by atoms with van der Waals surface area (Å²) in [6.45, 7) is 2.49. The van der Waals surface area contributed by atoms with Gasteiger partial charge in [-0.1, -0.05) is 35.3 Å². The molecule has 1 amide bonds. The van der Waals surface area contributed by atoms with Crippen molar-refractivity contribution in [1.82, 2.24) is 9.88 Å². The molecular weight excluding hydrogens is 409 g/mol. The van der Waals surface area contributed by atoms with Gasteiger partial charge in [0.1, 0.15) is 0 Å². The number of thiophene rings is 1. The van der Waals surface area contributed by atoms with Gasteiger partial charge >= 0.3 is 0 Å². The van der Waals surface area contributed by atoms with Gasteiger partial charge in [-0.15, -0.1) is 22.7 Å². The first-order chi connectivity index (χ1) is 12.6. The number of fused-ring (bicyclic) bond motifs is 1. The van der Waals surface area contributed by atoms with Crippen molar-refractivity contribution in [2.75, 3.05) is 11.9 Å². The number of carbonyl (C=O) groups is 1. The SMILES string of the molecule is O=C(Nc1nc2c(s1)CN(Cc1ccc(Cl)cc1Cl)CC2)c1cccs1. The van der Waals surface area contributed by atoms with Gasteiger partial charge < -0.3 is 0 Å². The number of hydrogen-bond donors (Lipinski definition) is 1. The van der Waals surface area contributed by atoms with E-state index in [0.717, 1.165) is 37.3 Å². The summed E-state index contributed by atoms with van der Waals surface area (Å²) < 4.78 is 0. The molecule has 0 bridgehead atoms. The van der Waals surface area contributed by atoms with Crippen molar-refractivity contribution in [2.45, 2.75) is 19.5 Å². The zero-order valence-electron chi connectivity index (χ0n) is 13.7. The summed E-state index contributed by atoms with van der Waals surface area (Å²) in [4.78, 5) is 21.0. The molecule has 4 nitrogen and oxygen atoms in total.